The minimum absolute atomic E-state index is 0.429. The number of ether oxygens (including phenoxy) is 1. The van der Waals surface area contributed by atoms with Gasteiger partial charge in [-0.25, -0.2) is 4.98 Å². The summed E-state index contributed by atoms with van der Waals surface area (Å²) in [4.78, 5) is 4.08. The van der Waals surface area contributed by atoms with Gasteiger partial charge in [-0.1, -0.05) is 17.2 Å². The molecule has 1 aromatic heterocycles. The van der Waals surface area contributed by atoms with Crippen molar-refractivity contribution in [1.29, 1.82) is 0 Å². The molecule has 0 fully saturated rings. The van der Waals surface area contributed by atoms with Gasteiger partial charge in [0.15, 0.2) is 0 Å². The van der Waals surface area contributed by atoms with E-state index in [9.17, 15) is 0 Å². The van der Waals surface area contributed by atoms with E-state index in [1.807, 2.05) is 6.92 Å². The van der Waals surface area contributed by atoms with Gasteiger partial charge >= 0.3 is 0 Å². The average molecular weight is 227 g/mol. The predicted molar refractivity (Wildman–Crippen MR) is 62.1 cm³/mol. The summed E-state index contributed by atoms with van der Waals surface area (Å²) in [5, 5.41) is 0.500. The van der Waals surface area contributed by atoms with Crippen LogP contribution in [0.5, 0.6) is 5.88 Å². The summed E-state index contributed by atoms with van der Waals surface area (Å²) in [6.07, 6.45) is 2.47. The summed E-state index contributed by atoms with van der Waals surface area (Å²) in [6.45, 7) is 6.72. The average Bonchev–Trinajstić information content (AvgIpc) is 2.20. The van der Waals surface area contributed by atoms with E-state index in [1.165, 1.54) is 0 Å². The monoisotopic (exact) mass is 226 g/mol. The largest absolute Gasteiger partial charge is 0.476 e. The van der Waals surface area contributed by atoms with E-state index in [-0.39, 0.29) is 0 Å². The molecule has 0 spiro atoms. The van der Waals surface area contributed by atoms with Gasteiger partial charge in [0.1, 0.15) is 5.02 Å². The van der Waals surface area contributed by atoms with Crippen LogP contribution in [-0.2, 0) is 6.54 Å². The lowest BCUT2D eigenvalue weighted by molar-refractivity contribution is 0.309. The molecule has 0 aliphatic heterocycles. The van der Waals surface area contributed by atoms with Crippen molar-refractivity contribution in [3.8, 4) is 5.88 Å². The first-order valence-corrected chi connectivity index (χ1v) is 5.13. The molecule has 0 bridgehead atoms. The maximum atomic E-state index is 5.96. The third-order valence-electron chi connectivity index (χ3n) is 1.87. The number of hydrogen-bond donors (Lipinski definition) is 1. The summed E-state index contributed by atoms with van der Waals surface area (Å²) < 4.78 is 5.40. The number of aromatic nitrogens is 1. The number of halogens is 1. The molecule has 1 heterocycles. The number of rotatable bonds is 5. The van der Waals surface area contributed by atoms with Crippen LogP contribution in [0.15, 0.2) is 24.4 Å². The Morgan fingerprint density at radius 2 is 2.40 bits per heavy atom. The number of hydrogen-bond acceptors (Lipinski definition) is 3. The van der Waals surface area contributed by atoms with Crippen molar-refractivity contribution in [2.24, 2.45) is 5.73 Å². The van der Waals surface area contributed by atoms with Crippen molar-refractivity contribution in [2.75, 3.05) is 6.61 Å². The smallest absolute Gasteiger partial charge is 0.232 e. The third kappa shape index (κ3) is 3.90. The highest BCUT2D eigenvalue weighted by atomic mass is 35.5. The van der Waals surface area contributed by atoms with Crippen LogP contribution >= 0.6 is 11.6 Å². The van der Waals surface area contributed by atoms with Gasteiger partial charge in [-0.05, 0) is 18.6 Å². The van der Waals surface area contributed by atoms with Crippen molar-refractivity contribution in [3.05, 3.63) is 35.0 Å². The minimum atomic E-state index is 0.429. The van der Waals surface area contributed by atoms with E-state index in [1.54, 1.807) is 12.3 Å². The molecule has 0 radical (unpaired) electrons. The maximum absolute atomic E-state index is 5.96. The molecule has 15 heavy (non-hydrogen) atoms. The zero-order chi connectivity index (χ0) is 11.3. The molecule has 0 saturated heterocycles. The first-order chi connectivity index (χ1) is 7.13. The van der Waals surface area contributed by atoms with Crippen LogP contribution in [-0.4, -0.2) is 11.6 Å². The second kappa shape index (κ2) is 5.73. The minimum Gasteiger partial charge on any atom is -0.476 e. The Kier molecular flexibility index (Phi) is 4.59. The van der Waals surface area contributed by atoms with Gasteiger partial charge < -0.3 is 10.5 Å². The summed E-state index contributed by atoms with van der Waals surface area (Å²) in [5.74, 6) is 0.454. The van der Waals surface area contributed by atoms with Gasteiger partial charge in [-0.15, -0.1) is 6.58 Å². The second-order valence-electron chi connectivity index (χ2n) is 3.39. The molecule has 0 saturated carbocycles. The summed E-state index contributed by atoms with van der Waals surface area (Å²) in [7, 11) is 0. The normalized spacial score (nSPS) is 10.1. The maximum Gasteiger partial charge on any atom is 0.232 e. The van der Waals surface area contributed by atoms with Gasteiger partial charge in [-0.3, -0.25) is 0 Å². The van der Waals surface area contributed by atoms with E-state index in [4.69, 9.17) is 22.1 Å². The molecular weight excluding hydrogens is 212 g/mol. The summed E-state index contributed by atoms with van der Waals surface area (Å²) >= 11 is 5.96. The molecule has 0 aromatic carbocycles. The molecule has 0 aliphatic rings. The van der Waals surface area contributed by atoms with Gasteiger partial charge in [0.2, 0.25) is 5.88 Å². The molecule has 3 nitrogen and oxygen atoms in total. The van der Waals surface area contributed by atoms with Crippen molar-refractivity contribution in [1.82, 2.24) is 4.98 Å². The van der Waals surface area contributed by atoms with E-state index in [0.717, 1.165) is 17.6 Å². The van der Waals surface area contributed by atoms with Crippen LogP contribution in [0.4, 0.5) is 0 Å². The van der Waals surface area contributed by atoms with Crippen LogP contribution in [0.25, 0.3) is 0 Å². The first-order valence-electron chi connectivity index (χ1n) is 4.75. The lowest BCUT2D eigenvalue weighted by atomic mass is 10.2. The van der Waals surface area contributed by atoms with Crippen LogP contribution < -0.4 is 10.5 Å². The van der Waals surface area contributed by atoms with E-state index >= 15 is 0 Å². The van der Waals surface area contributed by atoms with Gasteiger partial charge in [0.05, 0.1) is 6.61 Å². The van der Waals surface area contributed by atoms with E-state index in [0.29, 0.717) is 24.1 Å². The van der Waals surface area contributed by atoms with Crippen LogP contribution in [0.2, 0.25) is 5.02 Å². The lowest BCUT2D eigenvalue weighted by Gasteiger charge is -2.07. The zero-order valence-corrected chi connectivity index (χ0v) is 9.55. The van der Waals surface area contributed by atoms with Crippen LogP contribution in [0.3, 0.4) is 0 Å². The van der Waals surface area contributed by atoms with E-state index in [2.05, 4.69) is 11.6 Å². The fraction of sp³-hybridized carbons (Fsp3) is 0.364. The third-order valence-corrected chi connectivity index (χ3v) is 2.14. The Morgan fingerprint density at radius 3 is 2.93 bits per heavy atom. The molecular formula is C11H15ClN2O. The van der Waals surface area contributed by atoms with Crippen molar-refractivity contribution in [3.63, 3.8) is 0 Å². The zero-order valence-electron chi connectivity index (χ0n) is 8.79. The Hall–Kier alpha value is -1.06. The number of pyridine rings is 1. The molecule has 0 unspecified atom stereocenters. The molecule has 0 atom stereocenters. The molecule has 82 valence electrons. The summed E-state index contributed by atoms with van der Waals surface area (Å²) in [6, 6.07) is 1.77. The lowest BCUT2D eigenvalue weighted by Crippen LogP contribution is -2.02. The fourth-order valence-corrected chi connectivity index (χ4v) is 1.25. The Morgan fingerprint density at radius 1 is 1.67 bits per heavy atom. The SMILES string of the molecule is C=C(C)CCOc1ncc(CN)cc1Cl. The number of nitrogens with two attached hydrogens (primary N) is 1. The Labute approximate surface area is 94.9 Å². The Bertz CT molecular complexity index is 352. The predicted octanol–water partition coefficient (Wildman–Crippen LogP) is 2.54. The molecule has 2 N–H and O–H groups in total. The highest BCUT2D eigenvalue weighted by molar-refractivity contribution is 6.31. The van der Waals surface area contributed by atoms with Gasteiger partial charge in [0, 0.05) is 19.2 Å². The van der Waals surface area contributed by atoms with E-state index < -0.39 is 0 Å². The molecule has 0 amide bonds. The fourth-order valence-electron chi connectivity index (χ4n) is 1.00. The van der Waals surface area contributed by atoms with Crippen LogP contribution in [0, 0.1) is 0 Å². The molecule has 1 rings (SSSR count). The highest BCUT2D eigenvalue weighted by Gasteiger charge is 2.03. The quantitative estimate of drug-likeness (QED) is 0.785. The van der Waals surface area contributed by atoms with Gasteiger partial charge in [-0.2, -0.15) is 0 Å². The highest BCUT2D eigenvalue weighted by Crippen LogP contribution is 2.22. The summed E-state index contributed by atoms with van der Waals surface area (Å²) in [5.41, 5.74) is 7.43. The van der Waals surface area contributed by atoms with Crippen molar-refractivity contribution in [2.45, 2.75) is 19.9 Å². The molecule has 1 aromatic rings. The standard InChI is InChI=1S/C11H15ClN2O/c1-8(2)3-4-15-11-10(12)5-9(6-13)7-14-11/h5,7H,1,3-4,6,13H2,2H3. The van der Waals surface area contributed by atoms with Gasteiger partial charge in [0.25, 0.3) is 0 Å². The number of nitrogens with zero attached hydrogens (tertiary/aromatic N) is 1. The van der Waals surface area contributed by atoms with Crippen molar-refractivity contribution >= 4 is 11.6 Å². The van der Waals surface area contributed by atoms with Crippen LogP contribution in [0.1, 0.15) is 18.9 Å². The molecule has 4 heteroatoms. The second-order valence-corrected chi connectivity index (χ2v) is 3.80. The topological polar surface area (TPSA) is 48.1 Å². The molecule has 0 aliphatic carbocycles. The van der Waals surface area contributed by atoms with Crippen molar-refractivity contribution < 1.29 is 4.74 Å². The first kappa shape index (κ1) is 12.0. The Balaban J connectivity index is 2.58.